The fourth-order valence-electron chi connectivity index (χ4n) is 3.40. The van der Waals surface area contributed by atoms with Crippen molar-refractivity contribution in [2.75, 3.05) is 29.8 Å². The maximum Gasteiger partial charge on any atom is 0.251 e. The number of nitrogens with one attached hydrogen (secondary N) is 1. The SMILES string of the molecule is CCOc1ccc(CCCNC(=O)c2cccc(N3CCCCS3(=O)=O)c2)cc1. The van der Waals surface area contributed by atoms with E-state index in [1.165, 1.54) is 9.87 Å². The Labute approximate surface area is 172 Å². The molecule has 0 saturated carbocycles. The molecule has 1 heterocycles. The smallest absolute Gasteiger partial charge is 0.251 e. The second-order valence-corrected chi connectivity index (χ2v) is 9.09. The predicted octanol–water partition coefficient (Wildman–Crippen LogP) is 3.38. The van der Waals surface area contributed by atoms with Crippen molar-refractivity contribution in [3.05, 3.63) is 59.7 Å². The average Bonchev–Trinajstić information content (AvgIpc) is 2.72. The first-order chi connectivity index (χ1) is 14.0. The number of hydrogen-bond acceptors (Lipinski definition) is 4. The van der Waals surface area contributed by atoms with Gasteiger partial charge in [0.05, 0.1) is 18.0 Å². The largest absolute Gasteiger partial charge is 0.494 e. The summed E-state index contributed by atoms with van der Waals surface area (Å²) >= 11 is 0. The van der Waals surface area contributed by atoms with Gasteiger partial charge in [-0.1, -0.05) is 18.2 Å². The van der Waals surface area contributed by atoms with E-state index in [9.17, 15) is 13.2 Å². The molecule has 29 heavy (non-hydrogen) atoms. The Balaban J connectivity index is 1.52. The van der Waals surface area contributed by atoms with Crippen LogP contribution in [0.15, 0.2) is 48.5 Å². The minimum absolute atomic E-state index is 0.162. The third-order valence-electron chi connectivity index (χ3n) is 4.91. The van der Waals surface area contributed by atoms with Gasteiger partial charge in [0.2, 0.25) is 10.0 Å². The summed E-state index contributed by atoms with van der Waals surface area (Å²) in [4.78, 5) is 12.5. The summed E-state index contributed by atoms with van der Waals surface area (Å²) in [5.41, 5.74) is 2.23. The molecule has 2 aromatic rings. The Kier molecular flexibility index (Phi) is 7.14. The number of hydrogen-bond donors (Lipinski definition) is 1. The summed E-state index contributed by atoms with van der Waals surface area (Å²) < 4.78 is 31.4. The van der Waals surface area contributed by atoms with Crippen molar-refractivity contribution in [3.8, 4) is 5.75 Å². The first kappa shape index (κ1) is 21.2. The first-order valence-electron chi connectivity index (χ1n) is 10.1. The maximum atomic E-state index is 12.5. The molecule has 2 aromatic carbocycles. The molecule has 3 rings (SSSR count). The molecule has 0 unspecified atom stereocenters. The minimum Gasteiger partial charge on any atom is -0.494 e. The van der Waals surface area contributed by atoms with Gasteiger partial charge in [0.15, 0.2) is 0 Å². The lowest BCUT2D eigenvalue weighted by Crippen LogP contribution is -2.38. The van der Waals surface area contributed by atoms with E-state index in [1.807, 2.05) is 31.2 Å². The van der Waals surface area contributed by atoms with Gasteiger partial charge in [0.1, 0.15) is 5.75 Å². The van der Waals surface area contributed by atoms with Gasteiger partial charge in [-0.05, 0) is 68.5 Å². The summed E-state index contributed by atoms with van der Waals surface area (Å²) in [6, 6.07) is 14.8. The molecular formula is C22H28N2O4S. The summed E-state index contributed by atoms with van der Waals surface area (Å²) in [5, 5.41) is 2.92. The molecule has 1 amide bonds. The van der Waals surface area contributed by atoms with Crippen LogP contribution in [0.4, 0.5) is 5.69 Å². The number of carbonyl (C=O) groups excluding carboxylic acids is 1. The van der Waals surface area contributed by atoms with Crippen LogP contribution in [0.3, 0.4) is 0 Å². The Bertz CT molecular complexity index is 926. The zero-order valence-electron chi connectivity index (χ0n) is 16.8. The van der Waals surface area contributed by atoms with E-state index in [2.05, 4.69) is 5.32 Å². The highest BCUT2D eigenvalue weighted by atomic mass is 32.2. The van der Waals surface area contributed by atoms with Crippen molar-refractivity contribution in [3.63, 3.8) is 0 Å². The highest BCUT2D eigenvalue weighted by molar-refractivity contribution is 7.92. The monoisotopic (exact) mass is 416 g/mol. The van der Waals surface area contributed by atoms with Crippen LogP contribution in [0.2, 0.25) is 0 Å². The summed E-state index contributed by atoms with van der Waals surface area (Å²) in [6.45, 7) is 3.63. The van der Waals surface area contributed by atoms with E-state index in [-0.39, 0.29) is 11.7 Å². The number of rotatable bonds is 8. The molecule has 1 saturated heterocycles. The Morgan fingerprint density at radius 1 is 1.14 bits per heavy atom. The van der Waals surface area contributed by atoms with Crippen LogP contribution in [0.25, 0.3) is 0 Å². The number of amides is 1. The number of aryl methyl sites for hydroxylation is 1. The lowest BCUT2D eigenvalue weighted by Gasteiger charge is -2.28. The van der Waals surface area contributed by atoms with Gasteiger partial charge < -0.3 is 10.1 Å². The number of benzene rings is 2. The molecular weight excluding hydrogens is 388 g/mol. The molecule has 1 aliphatic rings. The second kappa shape index (κ2) is 9.78. The van der Waals surface area contributed by atoms with Crippen molar-refractivity contribution in [1.82, 2.24) is 5.32 Å². The molecule has 0 aliphatic carbocycles. The number of ether oxygens (including phenoxy) is 1. The predicted molar refractivity (Wildman–Crippen MR) is 115 cm³/mol. The van der Waals surface area contributed by atoms with E-state index in [0.29, 0.717) is 37.4 Å². The molecule has 0 spiro atoms. The number of nitrogens with zero attached hydrogens (tertiary/aromatic N) is 1. The van der Waals surface area contributed by atoms with Gasteiger partial charge in [0, 0.05) is 18.7 Å². The zero-order valence-corrected chi connectivity index (χ0v) is 17.6. The van der Waals surface area contributed by atoms with Gasteiger partial charge in [-0.2, -0.15) is 0 Å². The van der Waals surface area contributed by atoms with Gasteiger partial charge >= 0.3 is 0 Å². The molecule has 1 aliphatic heterocycles. The van der Waals surface area contributed by atoms with E-state index >= 15 is 0 Å². The van der Waals surface area contributed by atoms with E-state index in [4.69, 9.17) is 4.74 Å². The van der Waals surface area contributed by atoms with Crippen molar-refractivity contribution < 1.29 is 17.9 Å². The molecule has 0 bridgehead atoms. The van der Waals surface area contributed by atoms with E-state index in [1.54, 1.807) is 24.3 Å². The molecule has 1 N–H and O–H groups in total. The van der Waals surface area contributed by atoms with Crippen LogP contribution in [0.5, 0.6) is 5.75 Å². The van der Waals surface area contributed by atoms with Crippen molar-refractivity contribution in [1.29, 1.82) is 0 Å². The third-order valence-corrected chi connectivity index (χ3v) is 6.78. The molecule has 1 fully saturated rings. The van der Waals surface area contributed by atoms with Crippen LogP contribution in [-0.4, -0.2) is 39.8 Å². The lowest BCUT2D eigenvalue weighted by molar-refractivity contribution is 0.0953. The Morgan fingerprint density at radius 3 is 2.66 bits per heavy atom. The molecule has 6 nitrogen and oxygen atoms in total. The lowest BCUT2D eigenvalue weighted by atomic mass is 10.1. The summed E-state index contributed by atoms with van der Waals surface area (Å²) in [6.07, 6.45) is 3.20. The number of anilines is 1. The van der Waals surface area contributed by atoms with Crippen molar-refractivity contribution >= 4 is 21.6 Å². The van der Waals surface area contributed by atoms with Crippen molar-refractivity contribution in [2.45, 2.75) is 32.6 Å². The summed E-state index contributed by atoms with van der Waals surface area (Å²) in [7, 11) is -3.28. The first-order valence-corrected chi connectivity index (χ1v) is 11.7. The van der Waals surface area contributed by atoms with Gasteiger partial charge in [0.25, 0.3) is 5.91 Å². The second-order valence-electron chi connectivity index (χ2n) is 7.08. The topological polar surface area (TPSA) is 75.7 Å². The highest BCUT2D eigenvalue weighted by Crippen LogP contribution is 2.24. The Hall–Kier alpha value is -2.54. The summed E-state index contributed by atoms with van der Waals surface area (Å²) in [5.74, 6) is 0.836. The standard InChI is InChI=1S/C22H28N2O4S/c1-2-28-21-12-10-18(11-13-21)7-6-14-23-22(25)19-8-5-9-20(17-19)24-15-3-4-16-29(24,26)27/h5,8-13,17H,2-4,6-7,14-16H2,1H3,(H,23,25). The van der Waals surface area contributed by atoms with E-state index < -0.39 is 10.0 Å². The molecule has 156 valence electrons. The Morgan fingerprint density at radius 2 is 1.93 bits per heavy atom. The molecule has 7 heteroatoms. The molecule has 0 radical (unpaired) electrons. The zero-order chi connectivity index (χ0) is 20.7. The number of carbonyl (C=O) groups is 1. The number of sulfonamides is 1. The maximum absolute atomic E-state index is 12.5. The molecule has 0 atom stereocenters. The fourth-order valence-corrected chi connectivity index (χ4v) is 5.03. The van der Waals surface area contributed by atoms with Crippen molar-refractivity contribution in [2.24, 2.45) is 0 Å². The average molecular weight is 417 g/mol. The van der Waals surface area contributed by atoms with Crippen LogP contribution in [0.1, 0.15) is 42.1 Å². The minimum atomic E-state index is -3.28. The molecule has 0 aromatic heterocycles. The van der Waals surface area contributed by atoms with Gasteiger partial charge in [-0.15, -0.1) is 0 Å². The highest BCUT2D eigenvalue weighted by Gasteiger charge is 2.26. The van der Waals surface area contributed by atoms with Gasteiger partial charge in [-0.25, -0.2) is 8.42 Å². The van der Waals surface area contributed by atoms with Crippen LogP contribution >= 0.6 is 0 Å². The fraction of sp³-hybridized carbons (Fsp3) is 0.409. The van der Waals surface area contributed by atoms with Crippen LogP contribution in [0, 0.1) is 0 Å². The normalized spacial score (nSPS) is 15.7. The van der Waals surface area contributed by atoms with Crippen LogP contribution in [-0.2, 0) is 16.4 Å². The van der Waals surface area contributed by atoms with E-state index in [0.717, 1.165) is 25.0 Å². The van der Waals surface area contributed by atoms with Crippen LogP contribution < -0.4 is 14.4 Å². The van der Waals surface area contributed by atoms with Gasteiger partial charge in [-0.3, -0.25) is 9.10 Å². The quantitative estimate of drug-likeness (QED) is 0.670. The third kappa shape index (κ3) is 5.73.